The van der Waals surface area contributed by atoms with Gasteiger partial charge in [0.2, 0.25) is 5.91 Å². The van der Waals surface area contributed by atoms with Crippen LogP contribution in [-0.2, 0) is 4.79 Å². The van der Waals surface area contributed by atoms with E-state index in [1.165, 1.54) is 0 Å². The van der Waals surface area contributed by atoms with Crippen molar-refractivity contribution in [2.24, 2.45) is 5.92 Å². The lowest BCUT2D eigenvalue weighted by atomic mass is 9.99. The molecule has 1 amide bonds. The summed E-state index contributed by atoms with van der Waals surface area (Å²) in [6, 6.07) is 0. The summed E-state index contributed by atoms with van der Waals surface area (Å²) >= 11 is 0. The van der Waals surface area contributed by atoms with E-state index in [9.17, 15) is 4.79 Å². The van der Waals surface area contributed by atoms with E-state index in [0.29, 0.717) is 6.42 Å². The van der Waals surface area contributed by atoms with Crippen LogP contribution in [0.3, 0.4) is 0 Å². The number of nitrogens with one attached hydrogen (secondary N) is 1. The van der Waals surface area contributed by atoms with E-state index in [1.54, 1.807) is 0 Å². The van der Waals surface area contributed by atoms with Crippen LogP contribution >= 0.6 is 0 Å². The quantitative estimate of drug-likeness (QED) is 0.459. The van der Waals surface area contributed by atoms with E-state index in [-0.39, 0.29) is 18.4 Å². The summed E-state index contributed by atoms with van der Waals surface area (Å²) in [5.41, 5.74) is 0. The Bertz CT molecular complexity index is 103. The molecule has 3 nitrogen and oxygen atoms in total. The van der Waals surface area contributed by atoms with Gasteiger partial charge in [0.25, 0.3) is 0 Å². The molecule has 1 saturated heterocycles. The standard InChI is InChI=1S/C5H9NO2/c7-2-1-4-3-6-5(4)8/h4,7H,1-3H2,(H,6,8). The third kappa shape index (κ3) is 0.816. The SMILES string of the molecule is O=C1NCC1CCO. The second kappa shape index (κ2) is 2.13. The molecule has 0 aliphatic carbocycles. The van der Waals surface area contributed by atoms with Crippen LogP contribution in [0.15, 0.2) is 0 Å². The molecule has 1 atom stereocenters. The maximum atomic E-state index is 10.4. The van der Waals surface area contributed by atoms with Crippen molar-refractivity contribution in [3.8, 4) is 0 Å². The predicted octanol–water partition coefficient (Wildman–Crippen LogP) is -0.885. The van der Waals surface area contributed by atoms with E-state index in [4.69, 9.17) is 5.11 Å². The third-order valence-corrected chi connectivity index (χ3v) is 1.37. The molecule has 1 fully saturated rings. The molecule has 0 radical (unpaired) electrons. The highest BCUT2D eigenvalue weighted by Crippen LogP contribution is 2.08. The van der Waals surface area contributed by atoms with Gasteiger partial charge in [-0.05, 0) is 6.42 Å². The van der Waals surface area contributed by atoms with Crippen molar-refractivity contribution in [3.05, 3.63) is 0 Å². The van der Waals surface area contributed by atoms with Gasteiger partial charge in [0, 0.05) is 13.2 Å². The molecule has 0 aromatic rings. The summed E-state index contributed by atoms with van der Waals surface area (Å²) < 4.78 is 0. The molecule has 1 aliphatic heterocycles. The molecule has 1 heterocycles. The molecule has 8 heavy (non-hydrogen) atoms. The minimum atomic E-state index is 0.0825. The average molecular weight is 115 g/mol. The van der Waals surface area contributed by atoms with E-state index >= 15 is 0 Å². The van der Waals surface area contributed by atoms with E-state index in [0.717, 1.165) is 6.54 Å². The molecule has 46 valence electrons. The summed E-state index contributed by atoms with van der Waals surface area (Å²) in [5.74, 6) is 0.180. The minimum absolute atomic E-state index is 0.0825. The Morgan fingerprint density at radius 2 is 2.62 bits per heavy atom. The first-order valence-corrected chi connectivity index (χ1v) is 2.73. The van der Waals surface area contributed by atoms with Crippen molar-refractivity contribution in [1.29, 1.82) is 0 Å². The molecule has 3 heteroatoms. The fraction of sp³-hybridized carbons (Fsp3) is 0.800. The highest BCUT2D eigenvalue weighted by Gasteiger charge is 2.25. The molecule has 1 rings (SSSR count). The summed E-state index contributed by atoms with van der Waals surface area (Å²) in [7, 11) is 0. The molecule has 0 aromatic heterocycles. The lowest BCUT2D eigenvalue weighted by Crippen LogP contribution is -2.48. The Balaban J connectivity index is 2.17. The van der Waals surface area contributed by atoms with Crippen LogP contribution in [0.4, 0.5) is 0 Å². The second-order valence-corrected chi connectivity index (χ2v) is 1.95. The molecular formula is C5H9NO2. The maximum absolute atomic E-state index is 10.4. The number of aliphatic hydroxyl groups excluding tert-OH is 1. The molecule has 2 N–H and O–H groups in total. The lowest BCUT2D eigenvalue weighted by Gasteiger charge is -2.24. The third-order valence-electron chi connectivity index (χ3n) is 1.37. The van der Waals surface area contributed by atoms with Crippen LogP contribution in [0.5, 0.6) is 0 Å². The van der Waals surface area contributed by atoms with Crippen LogP contribution in [-0.4, -0.2) is 24.2 Å². The molecule has 1 unspecified atom stereocenters. The fourth-order valence-electron chi connectivity index (χ4n) is 0.719. The van der Waals surface area contributed by atoms with Crippen molar-refractivity contribution in [3.63, 3.8) is 0 Å². The van der Waals surface area contributed by atoms with Gasteiger partial charge in [0.15, 0.2) is 0 Å². The van der Waals surface area contributed by atoms with E-state index in [2.05, 4.69) is 5.32 Å². The van der Waals surface area contributed by atoms with Crippen LogP contribution in [0.25, 0.3) is 0 Å². The van der Waals surface area contributed by atoms with Gasteiger partial charge >= 0.3 is 0 Å². The van der Waals surface area contributed by atoms with Crippen molar-refractivity contribution in [2.45, 2.75) is 6.42 Å². The molecule has 0 bridgehead atoms. The summed E-state index contributed by atoms with van der Waals surface area (Å²) in [4.78, 5) is 10.4. The lowest BCUT2D eigenvalue weighted by molar-refractivity contribution is -0.131. The summed E-state index contributed by atoms with van der Waals surface area (Å²) in [6.45, 7) is 0.872. The second-order valence-electron chi connectivity index (χ2n) is 1.95. The van der Waals surface area contributed by atoms with Crippen LogP contribution in [0, 0.1) is 5.92 Å². The zero-order chi connectivity index (χ0) is 5.98. The van der Waals surface area contributed by atoms with Gasteiger partial charge in [-0.15, -0.1) is 0 Å². The highest BCUT2D eigenvalue weighted by atomic mass is 16.3. The Morgan fingerprint density at radius 3 is 2.75 bits per heavy atom. The van der Waals surface area contributed by atoms with Crippen molar-refractivity contribution >= 4 is 5.91 Å². The van der Waals surface area contributed by atoms with Crippen molar-refractivity contribution < 1.29 is 9.90 Å². The smallest absolute Gasteiger partial charge is 0.225 e. The molecule has 0 saturated carbocycles. The monoisotopic (exact) mass is 115 g/mol. The van der Waals surface area contributed by atoms with Gasteiger partial charge in [-0.2, -0.15) is 0 Å². The maximum Gasteiger partial charge on any atom is 0.225 e. The van der Waals surface area contributed by atoms with Crippen LogP contribution in [0.1, 0.15) is 6.42 Å². The molecule has 0 aromatic carbocycles. The Hall–Kier alpha value is -0.570. The van der Waals surface area contributed by atoms with E-state index in [1.807, 2.05) is 0 Å². The van der Waals surface area contributed by atoms with Gasteiger partial charge in [-0.1, -0.05) is 0 Å². The van der Waals surface area contributed by atoms with Gasteiger partial charge in [0.05, 0.1) is 5.92 Å². The van der Waals surface area contributed by atoms with Gasteiger partial charge in [0.1, 0.15) is 0 Å². The van der Waals surface area contributed by atoms with Gasteiger partial charge < -0.3 is 10.4 Å². The van der Waals surface area contributed by atoms with Crippen LogP contribution in [0.2, 0.25) is 0 Å². The number of carbonyl (C=O) groups is 1. The largest absolute Gasteiger partial charge is 0.396 e. The topological polar surface area (TPSA) is 49.3 Å². The number of hydrogen-bond donors (Lipinski definition) is 2. The number of rotatable bonds is 2. The predicted molar refractivity (Wildman–Crippen MR) is 28.2 cm³/mol. The Labute approximate surface area is 47.7 Å². The minimum Gasteiger partial charge on any atom is -0.396 e. The Morgan fingerprint density at radius 1 is 1.88 bits per heavy atom. The molecule has 1 aliphatic rings. The van der Waals surface area contributed by atoms with Gasteiger partial charge in [-0.25, -0.2) is 0 Å². The van der Waals surface area contributed by atoms with Crippen molar-refractivity contribution in [1.82, 2.24) is 5.32 Å². The molecule has 0 spiro atoms. The van der Waals surface area contributed by atoms with Crippen LogP contribution < -0.4 is 5.32 Å². The number of hydrogen-bond acceptors (Lipinski definition) is 2. The average Bonchev–Trinajstić information content (AvgIpc) is 1.79. The normalized spacial score (nSPS) is 26.6. The van der Waals surface area contributed by atoms with E-state index < -0.39 is 0 Å². The zero-order valence-corrected chi connectivity index (χ0v) is 4.55. The number of β-lactam (4-membered cyclic amide) rings is 1. The zero-order valence-electron chi connectivity index (χ0n) is 4.55. The summed E-state index contributed by atoms with van der Waals surface area (Å²) in [5, 5.41) is 10.9. The highest BCUT2D eigenvalue weighted by molar-refractivity contribution is 5.84. The fourth-order valence-corrected chi connectivity index (χ4v) is 0.719. The Kier molecular flexibility index (Phi) is 1.48. The number of carbonyl (C=O) groups excluding carboxylic acids is 1. The van der Waals surface area contributed by atoms with Crippen molar-refractivity contribution in [2.75, 3.05) is 13.2 Å². The van der Waals surface area contributed by atoms with Gasteiger partial charge in [-0.3, -0.25) is 4.79 Å². The first-order chi connectivity index (χ1) is 3.84. The number of amides is 1. The first-order valence-electron chi connectivity index (χ1n) is 2.73. The summed E-state index contributed by atoms with van der Waals surface area (Å²) in [6.07, 6.45) is 0.617. The number of aliphatic hydroxyl groups is 1. The molecular weight excluding hydrogens is 106 g/mol. The first kappa shape index (κ1) is 5.56.